The van der Waals surface area contributed by atoms with Crippen molar-refractivity contribution in [2.75, 3.05) is 13.6 Å². The Morgan fingerprint density at radius 1 is 1.70 bits per heavy atom. The van der Waals surface area contributed by atoms with Crippen LogP contribution in [0.25, 0.3) is 6.08 Å². The molecule has 0 saturated heterocycles. The van der Waals surface area contributed by atoms with E-state index in [1.165, 1.54) is 0 Å². The smallest absolute Gasteiger partial charge is 0.0377 e. The van der Waals surface area contributed by atoms with Gasteiger partial charge in [0.05, 0.1) is 0 Å². The molecular weight excluding hydrogens is 124 g/mol. The summed E-state index contributed by atoms with van der Waals surface area (Å²) < 4.78 is 0. The Morgan fingerprint density at radius 2 is 2.60 bits per heavy atom. The van der Waals surface area contributed by atoms with E-state index >= 15 is 0 Å². The number of nitrogens with one attached hydrogen (secondary N) is 2. The lowest BCUT2D eigenvalue weighted by molar-refractivity contribution is 0.922. The molecule has 0 spiro atoms. The molecule has 1 aromatic heterocycles. The lowest BCUT2D eigenvalue weighted by Gasteiger charge is -1.86. The highest BCUT2D eigenvalue weighted by molar-refractivity contribution is 5.44. The normalized spacial score (nSPS) is 10.9. The molecule has 1 rings (SSSR count). The first kappa shape index (κ1) is 7.09. The van der Waals surface area contributed by atoms with E-state index < -0.39 is 0 Å². The monoisotopic (exact) mass is 136 g/mol. The van der Waals surface area contributed by atoms with E-state index in [4.69, 9.17) is 0 Å². The average Bonchev–Trinajstić information content (AvgIpc) is 2.41. The van der Waals surface area contributed by atoms with Crippen molar-refractivity contribution in [3.8, 4) is 0 Å². The van der Waals surface area contributed by atoms with Crippen LogP contribution in [0, 0.1) is 0 Å². The Labute approximate surface area is 61.0 Å². The molecule has 2 N–H and O–H groups in total. The van der Waals surface area contributed by atoms with E-state index in [-0.39, 0.29) is 0 Å². The van der Waals surface area contributed by atoms with Gasteiger partial charge in [0.15, 0.2) is 0 Å². The fraction of sp³-hybridized carbons (Fsp3) is 0.250. The predicted octanol–water partition coefficient (Wildman–Crippen LogP) is 1.25. The largest absolute Gasteiger partial charge is 0.362 e. The van der Waals surface area contributed by atoms with Crippen LogP contribution in [0.3, 0.4) is 0 Å². The molecular formula is C8H12N2. The van der Waals surface area contributed by atoms with Gasteiger partial charge in [-0.1, -0.05) is 6.08 Å². The van der Waals surface area contributed by atoms with Crippen LogP contribution in [0.1, 0.15) is 5.69 Å². The minimum absolute atomic E-state index is 0.916. The summed E-state index contributed by atoms with van der Waals surface area (Å²) in [4.78, 5) is 3.08. The van der Waals surface area contributed by atoms with Gasteiger partial charge in [-0.3, -0.25) is 0 Å². The molecule has 2 nitrogen and oxygen atoms in total. The third-order valence-electron chi connectivity index (χ3n) is 1.24. The van der Waals surface area contributed by atoms with Crippen molar-refractivity contribution in [1.82, 2.24) is 10.3 Å². The molecule has 0 aliphatic carbocycles. The van der Waals surface area contributed by atoms with Crippen LogP contribution < -0.4 is 5.32 Å². The third-order valence-corrected chi connectivity index (χ3v) is 1.24. The first-order chi connectivity index (χ1) is 4.93. The zero-order valence-electron chi connectivity index (χ0n) is 6.09. The Bertz CT molecular complexity index is 187. The molecule has 0 aromatic carbocycles. The minimum Gasteiger partial charge on any atom is -0.362 e. The standard InChI is InChI=1S/C8H12N2/c1-9-6-2-4-8-5-3-7-10-8/h2-5,7,9-10H,6H2,1H3. The van der Waals surface area contributed by atoms with Crippen LogP contribution >= 0.6 is 0 Å². The van der Waals surface area contributed by atoms with Crippen molar-refractivity contribution in [3.05, 3.63) is 30.1 Å². The Morgan fingerprint density at radius 3 is 3.20 bits per heavy atom. The first-order valence-corrected chi connectivity index (χ1v) is 3.38. The summed E-state index contributed by atoms with van der Waals surface area (Å²) in [5.74, 6) is 0. The minimum atomic E-state index is 0.916. The molecule has 0 atom stereocenters. The van der Waals surface area contributed by atoms with E-state index in [2.05, 4.69) is 22.5 Å². The Balaban J connectivity index is 2.40. The first-order valence-electron chi connectivity index (χ1n) is 3.38. The number of hydrogen-bond donors (Lipinski definition) is 2. The van der Waals surface area contributed by atoms with Gasteiger partial charge in [0.2, 0.25) is 0 Å². The lowest BCUT2D eigenvalue weighted by Crippen LogP contribution is -2.03. The van der Waals surface area contributed by atoms with Gasteiger partial charge >= 0.3 is 0 Å². The lowest BCUT2D eigenvalue weighted by atomic mass is 10.4. The van der Waals surface area contributed by atoms with Crippen molar-refractivity contribution in [3.63, 3.8) is 0 Å². The van der Waals surface area contributed by atoms with E-state index in [0.717, 1.165) is 12.2 Å². The van der Waals surface area contributed by atoms with E-state index in [9.17, 15) is 0 Å². The Kier molecular flexibility index (Phi) is 2.77. The molecule has 0 fully saturated rings. The third kappa shape index (κ3) is 2.07. The van der Waals surface area contributed by atoms with Crippen molar-refractivity contribution >= 4 is 6.08 Å². The summed E-state index contributed by atoms with van der Waals surface area (Å²) in [6.07, 6.45) is 6.04. The molecule has 0 bridgehead atoms. The van der Waals surface area contributed by atoms with Crippen molar-refractivity contribution in [1.29, 1.82) is 0 Å². The van der Waals surface area contributed by atoms with Gasteiger partial charge in [0.1, 0.15) is 0 Å². The second-order valence-corrected chi connectivity index (χ2v) is 2.09. The van der Waals surface area contributed by atoms with Gasteiger partial charge in [-0.15, -0.1) is 0 Å². The van der Waals surface area contributed by atoms with Crippen molar-refractivity contribution in [2.45, 2.75) is 0 Å². The van der Waals surface area contributed by atoms with Crippen LogP contribution in [0.4, 0.5) is 0 Å². The molecule has 0 saturated carbocycles. The van der Waals surface area contributed by atoms with Gasteiger partial charge in [-0.05, 0) is 25.3 Å². The molecule has 0 aliphatic heterocycles. The van der Waals surface area contributed by atoms with Gasteiger partial charge in [0.25, 0.3) is 0 Å². The molecule has 0 radical (unpaired) electrons. The molecule has 0 aliphatic rings. The van der Waals surface area contributed by atoms with Gasteiger partial charge in [0, 0.05) is 18.4 Å². The molecule has 0 amide bonds. The van der Waals surface area contributed by atoms with Gasteiger partial charge in [-0.2, -0.15) is 0 Å². The van der Waals surface area contributed by atoms with Crippen LogP contribution in [0.2, 0.25) is 0 Å². The molecule has 0 unspecified atom stereocenters. The summed E-state index contributed by atoms with van der Waals surface area (Å²) in [6, 6.07) is 4.02. The van der Waals surface area contributed by atoms with Crippen molar-refractivity contribution < 1.29 is 0 Å². The summed E-state index contributed by atoms with van der Waals surface area (Å²) in [6.45, 7) is 0.916. The van der Waals surface area contributed by atoms with Crippen LogP contribution in [-0.2, 0) is 0 Å². The highest BCUT2D eigenvalue weighted by Crippen LogP contribution is 1.95. The second-order valence-electron chi connectivity index (χ2n) is 2.09. The molecule has 1 heterocycles. The van der Waals surface area contributed by atoms with E-state index in [0.29, 0.717) is 0 Å². The summed E-state index contributed by atoms with van der Waals surface area (Å²) in [7, 11) is 1.93. The topological polar surface area (TPSA) is 27.8 Å². The maximum atomic E-state index is 3.08. The fourth-order valence-electron chi connectivity index (χ4n) is 0.752. The molecule has 2 heteroatoms. The maximum absolute atomic E-state index is 3.08. The average molecular weight is 136 g/mol. The van der Waals surface area contributed by atoms with Gasteiger partial charge < -0.3 is 10.3 Å². The zero-order valence-corrected chi connectivity index (χ0v) is 6.09. The second kappa shape index (κ2) is 3.90. The van der Waals surface area contributed by atoms with Crippen LogP contribution in [0.5, 0.6) is 0 Å². The van der Waals surface area contributed by atoms with Crippen molar-refractivity contribution in [2.24, 2.45) is 0 Å². The number of aromatic amines is 1. The number of rotatable bonds is 3. The highest BCUT2D eigenvalue weighted by Gasteiger charge is 1.80. The van der Waals surface area contributed by atoms with Crippen LogP contribution in [0.15, 0.2) is 24.4 Å². The number of hydrogen-bond acceptors (Lipinski definition) is 1. The van der Waals surface area contributed by atoms with Crippen LogP contribution in [-0.4, -0.2) is 18.6 Å². The predicted molar refractivity (Wildman–Crippen MR) is 43.8 cm³/mol. The summed E-state index contributed by atoms with van der Waals surface area (Å²) in [5, 5.41) is 3.03. The van der Waals surface area contributed by atoms with Gasteiger partial charge in [-0.25, -0.2) is 0 Å². The Hall–Kier alpha value is -1.02. The SMILES string of the molecule is CNCC=Cc1ccc[nH]1. The highest BCUT2D eigenvalue weighted by atomic mass is 14.8. The molecule has 54 valence electrons. The quantitative estimate of drug-likeness (QED) is 0.643. The number of likely N-dealkylation sites (N-methyl/N-ethyl adjacent to an activating group) is 1. The maximum Gasteiger partial charge on any atom is 0.0377 e. The molecule has 1 aromatic rings. The van der Waals surface area contributed by atoms with E-state index in [1.54, 1.807) is 0 Å². The van der Waals surface area contributed by atoms with E-state index in [1.807, 2.05) is 25.4 Å². The number of aromatic nitrogens is 1. The molecule has 10 heavy (non-hydrogen) atoms. The zero-order chi connectivity index (χ0) is 7.23. The summed E-state index contributed by atoms with van der Waals surface area (Å²) in [5.41, 5.74) is 1.15. The fourth-order valence-corrected chi connectivity index (χ4v) is 0.752. The number of H-pyrrole nitrogens is 1. The summed E-state index contributed by atoms with van der Waals surface area (Å²) >= 11 is 0.